The third-order valence-corrected chi connectivity index (χ3v) is 22.3. The molecule has 70 heavy (non-hydrogen) atoms. The smallest absolute Gasteiger partial charge is 0.259 e. The highest BCUT2D eigenvalue weighted by atomic mass is 31.2. The third-order valence-electron chi connectivity index (χ3n) is 14.3. The van der Waals surface area contributed by atoms with Crippen LogP contribution in [-0.2, 0) is 24.1 Å². The molecule has 6 atom stereocenters. The number of aromatic nitrogens is 4. The molecule has 0 bridgehead atoms. The fourth-order valence-electron chi connectivity index (χ4n) is 10.4. The highest BCUT2D eigenvalue weighted by Gasteiger charge is 2.52. The molecule has 0 N–H and O–H groups in total. The molecule has 3 saturated heterocycles. The van der Waals surface area contributed by atoms with E-state index in [9.17, 15) is 0 Å². The van der Waals surface area contributed by atoms with Crippen molar-refractivity contribution >= 4 is 46.2 Å². The van der Waals surface area contributed by atoms with Gasteiger partial charge < -0.3 is 32.7 Å². The van der Waals surface area contributed by atoms with Crippen LogP contribution in [0.3, 0.4) is 0 Å². The van der Waals surface area contributed by atoms with Crippen LogP contribution in [0.5, 0.6) is 17.4 Å². The maximum atomic E-state index is 7.53. The second kappa shape index (κ2) is 20.8. The molecule has 0 aliphatic carbocycles. The molecular weight excluding hydrogens is 930 g/mol. The van der Waals surface area contributed by atoms with E-state index in [2.05, 4.69) is 145 Å². The number of fused-ring (bicyclic) bond motifs is 2. The largest absolute Gasteiger partial charge is 0.497 e. The van der Waals surface area contributed by atoms with Gasteiger partial charge in [-0.1, -0.05) is 152 Å². The fraction of sp³-hybridized carbons (Fsp3) is 0.364. The molecular formula is C55H64N5O7PSi2. The Morgan fingerprint density at radius 3 is 1.91 bits per heavy atom. The molecule has 15 heteroatoms. The summed E-state index contributed by atoms with van der Waals surface area (Å²) in [6.45, 7) is 11.2. The Labute approximate surface area is 415 Å². The van der Waals surface area contributed by atoms with Gasteiger partial charge in [-0.25, -0.2) is 14.6 Å². The topological polar surface area (TPSA) is 111 Å². The lowest BCUT2D eigenvalue weighted by Gasteiger charge is -2.37. The van der Waals surface area contributed by atoms with Crippen LogP contribution in [0.4, 0.5) is 0 Å². The van der Waals surface area contributed by atoms with E-state index in [0.717, 1.165) is 59.7 Å². The van der Waals surface area contributed by atoms with Gasteiger partial charge in [-0.05, 0) is 65.9 Å². The van der Waals surface area contributed by atoms with E-state index in [0.29, 0.717) is 30.1 Å². The van der Waals surface area contributed by atoms with Gasteiger partial charge >= 0.3 is 0 Å². The first-order chi connectivity index (χ1) is 34.1. The zero-order chi connectivity index (χ0) is 48.3. The van der Waals surface area contributed by atoms with E-state index in [1.165, 1.54) is 10.4 Å². The first-order valence-electron chi connectivity index (χ1n) is 24.5. The van der Waals surface area contributed by atoms with Crippen LogP contribution >= 0.6 is 8.53 Å². The van der Waals surface area contributed by atoms with Crippen molar-refractivity contribution in [2.45, 2.75) is 93.7 Å². The summed E-state index contributed by atoms with van der Waals surface area (Å²) >= 11 is 0. The molecule has 3 aliphatic rings. The lowest BCUT2D eigenvalue weighted by Crippen LogP contribution is -2.58. The van der Waals surface area contributed by atoms with Crippen molar-refractivity contribution < 1.29 is 32.7 Å². The van der Waals surface area contributed by atoms with Gasteiger partial charge in [0.15, 0.2) is 11.2 Å². The van der Waals surface area contributed by atoms with Crippen LogP contribution in [0.15, 0.2) is 152 Å². The molecule has 3 aliphatic heterocycles. The second-order valence-corrected chi connectivity index (χ2v) is 31.3. The Hall–Kier alpha value is -5.29. The van der Waals surface area contributed by atoms with Gasteiger partial charge in [-0.2, -0.15) is 4.98 Å². The molecule has 0 radical (unpaired) electrons. The molecule has 2 aromatic heterocycles. The predicted molar refractivity (Wildman–Crippen MR) is 281 cm³/mol. The maximum absolute atomic E-state index is 7.53. The number of rotatable bonds is 19. The number of methoxy groups -OCH3 is 2. The van der Waals surface area contributed by atoms with Gasteiger partial charge in [0.1, 0.15) is 43.8 Å². The van der Waals surface area contributed by atoms with E-state index >= 15 is 0 Å². The number of imidazole rings is 1. The van der Waals surface area contributed by atoms with Crippen molar-refractivity contribution in [2.24, 2.45) is 0 Å². The van der Waals surface area contributed by atoms with Crippen molar-refractivity contribution in [3.63, 3.8) is 0 Å². The molecule has 5 heterocycles. The van der Waals surface area contributed by atoms with Crippen LogP contribution in [-0.4, -0.2) is 98.7 Å². The van der Waals surface area contributed by atoms with Gasteiger partial charge in [0.05, 0.1) is 46.0 Å². The van der Waals surface area contributed by atoms with Crippen LogP contribution in [0.25, 0.3) is 11.2 Å². The van der Waals surface area contributed by atoms with Gasteiger partial charge in [0.2, 0.25) is 5.88 Å². The standard InChI is InChI=1S/C55H64N5O7PSi2/c1-61-43-28-24-41(25-29-43)55(40-17-10-7-11-18-40,42-26-30-44(62-2)31-27-42)64-36-49-48(35-51(65-49)59-39-58-52-53(59)56-38-57-54(52)63-33-34-69(3,4)5)66-68-60-32-16-23-47(60)50(67-68)37-70(6,45-19-12-8-13-20-45)46-21-14-9-15-22-46/h7-15,17-22,24-31,38-39,47-51H,16,23,32-37H2,1-6H3/t47-,48-,49+,50+,51+,68+/m0/s1. The van der Waals surface area contributed by atoms with Crippen LogP contribution in [0.2, 0.25) is 38.3 Å². The van der Waals surface area contributed by atoms with E-state index in [-0.39, 0.29) is 18.8 Å². The van der Waals surface area contributed by atoms with Crippen LogP contribution in [0, 0.1) is 0 Å². The Bertz CT molecular complexity index is 2720. The Balaban J connectivity index is 0.998. The fourth-order valence-corrected chi connectivity index (χ4v) is 17.1. The monoisotopic (exact) mass is 993 g/mol. The zero-order valence-electron chi connectivity index (χ0n) is 41.0. The molecule has 3 fully saturated rings. The van der Waals surface area contributed by atoms with Gasteiger partial charge in [0.25, 0.3) is 8.53 Å². The second-order valence-electron chi connectivity index (χ2n) is 20.0. The normalized spacial score (nSPS) is 21.8. The first-order valence-corrected chi connectivity index (χ1v) is 32.1. The summed E-state index contributed by atoms with van der Waals surface area (Å²) in [5.41, 5.74) is 3.03. The van der Waals surface area contributed by atoms with Gasteiger partial charge in [-0.15, -0.1) is 0 Å². The lowest BCUT2D eigenvalue weighted by atomic mass is 9.80. The predicted octanol–water partition coefficient (Wildman–Crippen LogP) is 10.2. The van der Waals surface area contributed by atoms with Crippen molar-refractivity contribution in [3.05, 3.63) is 169 Å². The minimum Gasteiger partial charge on any atom is -0.497 e. The Kier molecular flexibility index (Phi) is 14.4. The minimum atomic E-state index is -2.24. The van der Waals surface area contributed by atoms with Crippen LogP contribution in [0.1, 0.15) is 42.2 Å². The average Bonchev–Trinajstić information content (AvgIpc) is 4.21. The number of hydrogen-bond donors (Lipinski definition) is 0. The number of hydrogen-bond acceptors (Lipinski definition) is 11. The summed E-state index contributed by atoms with van der Waals surface area (Å²) < 4.78 is 51.5. The van der Waals surface area contributed by atoms with Crippen LogP contribution < -0.4 is 24.6 Å². The molecule has 7 aromatic rings. The molecule has 364 valence electrons. The molecule has 5 aromatic carbocycles. The Morgan fingerprint density at radius 2 is 1.31 bits per heavy atom. The summed E-state index contributed by atoms with van der Waals surface area (Å²) in [4.78, 5) is 14.1. The molecule has 12 nitrogen and oxygen atoms in total. The summed E-state index contributed by atoms with van der Waals surface area (Å²) in [5, 5.41) is 2.82. The van der Waals surface area contributed by atoms with Gasteiger partial charge in [0, 0.05) is 27.1 Å². The van der Waals surface area contributed by atoms with E-state index in [4.69, 9.17) is 42.7 Å². The molecule has 0 spiro atoms. The third kappa shape index (κ3) is 9.85. The SMILES string of the molecule is COc1ccc(C(OC[C@H]2O[C@@H](n3cnc4c(OCC[Si](C)(C)C)ncnc43)C[C@@H]2O[P@]2O[C@H](C[Si](C)(c3ccccc3)c3ccccc3)[C@@H]3CCCN32)(c2ccccc2)c2ccc(OC)cc2)cc1. The molecule has 10 rings (SSSR count). The summed E-state index contributed by atoms with van der Waals surface area (Å²) in [5.74, 6) is 1.99. The van der Waals surface area contributed by atoms with E-state index in [1.807, 2.05) is 34.9 Å². The lowest BCUT2D eigenvalue weighted by molar-refractivity contribution is -0.0906. The van der Waals surface area contributed by atoms with E-state index in [1.54, 1.807) is 26.9 Å². The van der Waals surface area contributed by atoms with Crippen molar-refractivity contribution in [2.75, 3.05) is 34.0 Å². The number of nitrogens with zero attached hydrogens (tertiary/aromatic N) is 5. The Morgan fingerprint density at radius 1 is 0.714 bits per heavy atom. The quantitative estimate of drug-likeness (QED) is 0.0439. The minimum absolute atomic E-state index is 0.0167. The maximum Gasteiger partial charge on any atom is 0.259 e. The zero-order valence-corrected chi connectivity index (χ0v) is 43.9. The highest BCUT2D eigenvalue weighted by Crippen LogP contribution is 2.59. The van der Waals surface area contributed by atoms with E-state index < -0.39 is 48.7 Å². The first kappa shape index (κ1) is 48.3. The van der Waals surface area contributed by atoms with Crippen molar-refractivity contribution in [3.8, 4) is 17.4 Å². The highest BCUT2D eigenvalue weighted by molar-refractivity contribution is 7.45. The average molecular weight is 994 g/mol. The van der Waals surface area contributed by atoms with Crippen molar-refractivity contribution in [1.29, 1.82) is 0 Å². The number of ether oxygens (including phenoxy) is 5. The van der Waals surface area contributed by atoms with Gasteiger partial charge in [-0.3, -0.25) is 4.57 Å². The summed E-state index contributed by atoms with van der Waals surface area (Å²) in [7, 11) is -1.66. The molecule has 0 saturated carbocycles. The number of benzene rings is 5. The summed E-state index contributed by atoms with van der Waals surface area (Å²) in [6, 6.07) is 51.0. The van der Waals surface area contributed by atoms with Crippen molar-refractivity contribution in [1.82, 2.24) is 24.2 Å². The molecule has 0 unspecified atom stereocenters. The summed E-state index contributed by atoms with van der Waals surface area (Å²) in [6.07, 6.45) is 4.65. The molecule has 0 amide bonds.